The summed E-state index contributed by atoms with van der Waals surface area (Å²) in [5.41, 5.74) is 1.13. The Kier molecular flexibility index (Phi) is 29.1. The van der Waals surface area contributed by atoms with Gasteiger partial charge >= 0.3 is 35.6 Å². The van der Waals surface area contributed by atoms with Crippen LogP contribution in [0.15, 0.2) is 0 Å². The SMILES string of the molecule is CC(C)(C)CCCCCC(=O)[O-].CC(C)(C)CCCCCC(=O)[O-].CC(C)(C)CCCCCC(=O)[O-].[La+3]. The van der Waals surface area contributed by atoms with E-state index < -0.39 is 17.9 Å². The summed E-state index contributed by atoms with van der Waals surface area (Å²) in [6.07, 6.45) is 12.8. The van der Waals surface area contributed by atoms with Gasteiger partial charge in [-0.2, -0.15) is 0 Å². The first-order valence-corrected chi connectivity index (χ1v) is 13.8. The minimum absolute atomic E-state index is 0. The molecule has 0 aliphatic rings. The number of hydrogen-bond donors (Lipinski definition) is 0. The maximum absolute atomic E-state index is 10.0. The Morgan fingerprint density at radius 1 is 0.405 bits per heavy atom. The molecular weight excluding hydrogens is 595 g/mol. The van der Waals surface area contributed by atoms with Crippen molar-refractivity contribution in [2.75, 3.05) is 0 Å². The largest absolute Gasteiger partial charge is 3.00 e. The smallest absolute Gasteiger partial charge is 0.550 e. The topological polar surface area (TPSA) is 120 Å². The average Bonchev–Trinajstić information content (AvgIpc) is 2.65. The van der Waals surface area contributed by atoms with E-state index >= 15 is 0 Å². The molecule has 37 heavy (non-hydrogen) atoms. The van der Waals surface area contributed by atoms with Crippen molar-refractivity contribution in [3.05, 3.63) is 0 Å². The van der Waals surface area contributed by atoms with Crippen molar-refractivity contribution < 1.29 is 65.3 Å². The average molecular weight is 653 g/mol. The van der Waals surface area contributed by atoms with Gasteiger partial charge in [0.05, 0.1) is 0 Å². The van der Waals surface area contributed by atoms with E-state index in [2.05, 4.69) is 62.3 Å². The molecule has 0 rings (SSSR count). The summed E-state index contributed by atoms with van der Waals surface area (Å²) in [7, 11) is 0. The van der Waals surface area contributed by atoms with Crippen LogP contribution in [0.1, 0.15) is 159 Å². The van der Waals surface area contributed by atoms with E-state index in [-0.39, 0.29) is 54.9 Å². The summed E-state index contributed by atoms with van der Waals surface area (Å²) in [5, 5.41) is 30.1. The molecule has 216 valence electrons. The second-order valence-electron chi connectivity index (χ2n) is 13.5. The van der Waals surface area contributed by atoms with E-state index in [0.29, 0.717) is 16.2 Å². The monoisotopic (exact) mass is 652 g/mol. The van der Waals surface area contributed by atoms with Gasteiger partial charge in [-0.05, 0) is 74.0 Å². The molecule has 0 aliphatic carbocycles. The Balaban J connectivity index is -0.000000218. The molecule has 0 bridgehead atoms. The Morgan fingerprint density at radius 3 is 0.730 bits per heavy atom. The van der Waals surface area contributed by atoms with Crippen LogP contribution in [0.3, 0.4) is 0 Å². The number of unbranched alkanes of at least 4 members (excludes halogenated alkanes) is 6. The Morgan fingerprint density at radius 2 is 0.595 bits per heavy atom. The van der Waals surface area contributed by atoms with E-state index in [1.54, 1.807) is 0 Å². The predicted molar refractivity (Wildman–Crippen MR) is 143 cm³/mol. The van der Waals surface area contributed by atoms with Crippen molar-refractivity contribution in [1.82, 2.24) is 0 Å². The molecule has 0 heterocycles. The summed E-state index contributed by atoms with van der Waals surface area (Å²) in [6.45, 7) is 19.8. The quantitative estimate of drug-likeness (QED) is 0.225. The van der Waals surface area contributed by atoms with Gasteiger partial charge in [-0.15, -0.1) is 0 Å². The summed E-state index contributed by atoms with van der Waals surface area (Å²) in [4.78, 5) is 30.1. The van der Waals surface area contributed by atoms with Crippen LogP contribution in [-0.4, -0.2) is 17.9 Å². The normalized spacial score (nSPS) is 11.3. The third-order valence-electron chi connectivity index (χ3n) is 5.42. The van der Waals surface area contributed by atoms with Crippen LogP contribution >= 0.6 is 0 Å². The van der Waals surface area contributed by atoms with E-state index in [4.69, 9.17) is 0 Å². The van der Waals surface area contributed by atoms with E-state index in [1.165, 1.54) is 19.3 Å². The van der Waals surface area contributed by atoms with E-state index in [1.807, 2.05) is 0 Å². The molecule has 0 N–H and O–H groups in total. The third-order valence-corrected chi connectivity index (χ3v) is 5.42. The van der Waals surface area contributed by atoms with Crippen LogP contribution in [0.4, 0.5) is 0 Å². The fourth-order valence-electron chi connectivity index (χ4n) is 3.30. The van der Waals surface area contributed by atoms with Gasteiger partial charge in [0.15, 0.2) is 0 Å². The van der Waals surface area contributed by atoms with Crippen LogP contribution in [0.25, 0.3) is 0 Å². The zero-order chi connectivity index (χ0) is 28.8. The van der Waals surface area contributed by atoms with Gasteiger partial charge in [-0.25, -0.2) is 0 Å². The van der Waals surface area contributed by atoms with E-state index in [9.17, 15) is 29.7 Å². The van der Waals surface area contributed by atoms with Gasteiger partial charge in [0.2, 0.25) is 0 Å². The van der Waals surface area contributed by atoms with Crippen LogP contribution in [-0.2, 0) is 14.4 Å². The molecular formula is C30H57LaO6. The predicted octanol–water partition coefficient (Wildman–Crippen LogP) is 5.20. The molecule has 0 aliphatic heterocycles. The Hall–Kier alpha value is -0.395. The number of carboxylic acids is 3. The molecule has 0 saturated heterocycles. The molecule has 0 radical (unpaired) electrons. The molecule has 0 atom stereocenters. The molecule has 0 amide bonds. The Labute approximate surface area is 256 Å². The molecule has 7 heteroatoms. The van der Waals surface area contributed by atoms with Crippen molar-refractivity contribution >= 4 is 17.9 Å². The molecule has 0 aromatic carbocycles. The molecule has 0 fully saturated rings. The van der Waals surface area contributed by atoms with Gasteiger partial charge < -0.3 is 29.7 Å². The fourth-order valence-corrected chi connectivity index (χ4v) is 3.30. The fraction of sp³-hybridized carbons (Fsp3) is 0.900. The van der Waals surface area contributed by atoms with Crippen LogP contribution in [0, 0.1) is 51.8 Å². The minimum atomic E-state index is -0.925. The van der Waals surface area contributed by atoms with Gasteiger partial charge in [-0.1, -0.05) is 101 Å². The van der Waals surface area contributed by atoms with Crippen LogP contribution in [0.2, 0.25) is 0 Å². The summed E-state index contributed by atoms with van der Waals surface area (Å²) in [6, 6.07) is 0. The summed E-state index contributed by atoms with van der Waals surface area (Å²) >= 11 is 0. The van der Waals surface area contributed by atoms with Gasteiger partial charge in [0.1, 0.15) is 0 Å². The molecule has 6 nitrogen and oxygen atoms in total. The summed E-state index contributed by atoms with van der Waals surface area (Å²) in [5.74, 6) is -2.78. The van der Waals surface area contributed by atoms with Crippen molar-refractivity contribution in [2.45, 2.75) is 159 Å². The zero-order valence-electron chi connectivity index (χ0n) is 25.6. The maximum Gasteiger partial charge on any atom is 3.00 e. The minimum Gasteiger partial charge on any atom is -0.550 e. The van der Waals surface area contributed by atoms with Crippen molar-refractivity contribution in [3.8, 4) is 0 Å². The second kappa shape index (κ2) is 24.6. The summed E-state index contributed by atoms with van der Waals surface area (Å²) < 4.78 is 0. The molecule has 0 unspecified atom stereocenters. The number of carbonyl (C=O) groups excluding carboxylic acids is 3. The van der Waals surface area contributed by atoms with Gasteiger partial charge in [0, 0.05) is 17.9 Å². The number of hydrogen-bond acceptors (Lipinski definition) is 6. The number of carboxylic acid groups (broad SMARTS) is 3. The number of carbonyl (C=O) groups is 3. The van der Waals surface area contributed by atoms with Crippen LogP contribution in [0.5, 0.6) is 0 Å². The van der Waals surface area contributed by atoms with Gasteiger partial charge in [-0.3, -0.25) is 0 Å². The van der Waals surface area contributed by atoms with E-state index in [0.717, 1.165) is 57.8 Å². The van der Waals surface area contributed by atoms with Crippen LogP contribution < -0.4 is 15.3 Å². The Bertz CT molecular complexity index is 487. The van der Waals surface area contributed by atoms with Crippen molar-refractivity contribution in [2.24, 2.45) is 16.2 Å². The second-order valence-corrected chi connectivity index (χ2v) is 13.5. The van der Waals surface area contributed by atoms with Gasteiger partial charge in [0.25, 0.3) is 0 Å². The first-order chi connectivity index (χ1) is 16.2. The molecule has 0 spiro atoms. The molecule has 0 saturated carbocycles. The third kappa shape index (κ3) is 56.8. The molecule has 0 aromatic rings. The zero-order valence-corrected chi connectivity index (χ0v) is 29.3. The first-order valence-electron chi connectivity index (χ1n) is 13.8. The number of rotatable bonds is 15. The maximum atomic E-state index is 10.0. The molecule has 0 aromatic heterocycles. The number of aliphatic carboxylic acids is 3. The standard InChI is InChI=1S/3C10H20O2.La/c3*1-10(2,3)8-6-4-5-7-9(11)12;/h3*4-8H2,1-3H3,(H,11,12);/q;;;+3/p-3. The first kappa shape index (κ1) is 43.7. The van der Waals surface area contributed by atoms with Crippen molar-refractivity contribution in [3.63, 3.8) is 0 Å². The van der Waals surface area contributed by atoms with Crippen molar-refractivity contribution in [1.29, 1.82) is 0 Å².